The van der Waals surface area contributed by atoms with E-state index in [0.717, 1.165) is 49.1 Å². The van der Waals surface area contributed by atoms with E-state index < -0.39 is 10.0 Å². The first kappa shape index (κ1) is 25.3. The van der Waals surface area contributed by atoms with Gasteiger partial charge in [-0.2, -0.15) is 0 Å². The zero-order valence-electron chi connectivity index (χ0n) is 18.2. The average Bonchev–Trinajstić information content (AvgIpc) is 2.76. The Hall–Kier alpha value is -1.92. The number of aliphatic imine (C=N–C) groups is 1. The van der Waals surface area contributed by atoms with Crippen molar-refractivity contribution in [2.75, 3.05) is 51.2 Å². The number of rotatable bonds is 6. The Labute approximate surface area is 202 Å². The molecule has 1 aliphatic heterocycles. The van der Waals surface area contributed by atoms with E-state index in [1.54, 1.807) is 20.0 Å². The molecular formula is C21H31IN6O2S. The molecule has 170 valence electrons. The van der Waals surface area contributed by atoms with Gasteiger partial charge in [-0.15, -0.1) is 24.0 Å². The average molecular weight is 558 g/mol. The molecule has 1 fully saturated rings. The molecule has 2 heterocycles. The maximum absolute atomic E-state index is 12.6. The fourth-order valence-electron chi connectivity index (χ4n) is 3.45. The predicted octanol–water partition coefficient (Wildman–Crippen LogP) is 1.99. The molecule has 0 radical (unpaired) electrons. The lowest BCUT2D eigenvalue weighted by Gasteiger charge is -2.37. The van der Waals surface area contributed by atoms with Crippen molar-refractivity contribution in [3.8, 4) is 0 Å². The van der Waals surface area contributed by atoms with Gasteiger partial charge < -0.3 is 15.1 Å². The van der Waals surface area contributed by atoms with Crippen molar-refractivity contribution in [1.29, 1.82) is 0 Å². The minimum atomic E-state index is -3.54. The zero-order valence-corrected chi connectivity index (χ0v) is 21.4. The van der Waals surface area contributed by atoms with E-state index in [-0.39, 0.29) is 30.5 Å². The first-order chi connectivity index (χ1) is 14.4. The van der Waals surface area contributed by atoms with Crippen LogP contribution >= 0.6 is 24.0 Å². The minimum absolute atomic E-state index is 0. The third-order valence-electron chi connectivity index (χ3n) is 5.10. The third kappa shape index (κ3) is 6.78. The maximum Gasteiger partial charge on any atom is 0.240 e. The van der Waals surface area contributed by atoms with Gasteiger partial charge in [0.1, 0.15) is 5.82 Å². The Balaban J connectivity index is 0.00000341. The molecule has 1 aliphatic rings. The molecule has 2 N–H and O–H groups in total. The summed E-state index contributed by atoms with van der Waals surface area (Å²) >= 11 is 0. The van der Waals surface area contributed by atoms with Crippen LogP contribution < -0.4 is 14.9 Å². The number of aryl methyl sites for hydroxylation is 2. The number of piperazine rings is 1. The van der Waals surface area contributed by atoms with Crippen molar-refractivity contribution in [3.05, 3.63) is 53.7 Å². The van der Waals surface area contributed by atoms with Crippen LogP contribution in [-0.2, 0) is 10.0 Å². The second-order valence-corrected chi connectivity index (χ2v) is 9.04. The Morgan fingerprint density at radius 3 is 2.48 bits per heavy atom. The van der Waals surface area contributed by atoms with Crippen LogP contribution in [0.5, 0.6) is 0 Å². The van der Waals surface area contributed by atoms with Gasteiger partial charge >= 0.3 is 0 Å². The summed E-state index contributed by atoms with van der Waals surface area (Å²) in [6.45, 7) is 7.79. The number of anilines is 1. The number of pyridine rings is 1. The Morgan fingerprint density at radius 1 is 1.10 bits per heavy atom. The number of sulfonamides is 1. The molecule has 1 saturated heterocycles. The minimum Gasteiger partial charge on any atom is -0.355 e. The van der Waals surface area contributed by atoms with Gasteiger partial charge in [-0.25, -0.2) is 18.1 Å². The van der Waals surface area contributed by atoms with Crippen molar-refractivity contribution >= 4 is 45.8 Å². The van der Waals surface area contributed by atoms with Crippen molar-refractivity contribution < 1.29 is 8.42 Å². The van der Waals surface area contributed by atoms with Crippen molar-refractivity contribution in [2.24, 2.45) is 4.99 Å². The summed E-state index contributed by atoms with van der Waals surface area (Å²) in [7, 11) is -1.79. The molecule has 1 aromatic heterocycles. The van der Waals surface area contributed by atoms with Gasteiger partial charge in [0.2, 0.25) is 10.0 Å². The second kappa shape index (κ2) is 11.6. The number of benzene rings is 1. The molecule has 2 aromatic rings. The van der Waals surface area contributed by atoms with E-state index >= 15 is 0 Å². The van der Waals surface area contributed by atoms with Crippen LogP contribution in [0, 0.1) is 13.8 Å². The molecule has 0 aliphatic carbocycles. The summed E-state index contributed by atoms with van der Waals surface area (Å²) in [5, 5.41) is 3.26. The smallest absolute Gasteiger partial charge is 0.240 e. The SMILES string of the molecule is CN=C(NCCNS(=O)(=O)c1cc(C)ccc1C)N1CCN(c2ccccn2)CC1.I. The number of aromatic nitrogens is 1. The molecule has 1 aromatic carbocycles. The van der Waals surface area contributed by atoms with Crippen LogP contribution in [0.3, 0.4) is 0 Å². The summed E-state index contributed by atoms with van der Waals surface area (Å²) in [5.74, 6) is 1.77. The molecule has 3 rings (SSSR count). The molecule has 0 amide bonds. The molecule has 0 unspecified atom stereocenters. The van der Waals surface area contributed by atoms with E-state index in [2.05, 4.69) is 29.8 Å². The highest BCUT2D eigenvalue weighted by atomic mass is 127. The second-order valence-electron chi connectivity index (χ2n) is 7.30. The summed E-state index contributed by atoms with van der Waals surface area (Å²) in [4.78, 5) is 13.5. The van der Waals surface area contributed by atoms with E-state index in [4.69, 9.17) is 0 Å². The van der Waals surface area contributed by atoms with Gasteiger partial charge in [0, 0.05) is 52.5 Å². The quantitative estimate of drug-likeness (QED) is 0.244. The molecule has 0 saturated carbocycles. The molecule has 8 nitrogen and oxygen atoms in total. The first-order valence-electron chi connectivity index (χ1n) is 10.1. The summed E-state index contributed by atoms with van der Waals surface area (Å²) in [6.07, 6.45) is 1.81. The summed E-state index contributed by atoms with van der Waals surface area (Å²) in [5.41, 5.74) is 1.66. The number of hydrogen-bond acceptors (Lipinski definition) is 5. The van der Waals surface area contributed by atoms with Crippen LogP contribution in [0.4, 0.5) is 5.82 Å². The molecule has 0 spiro atoms. The number of guanidine groups is 1. The Bertz CT molecular complexity index is 977. The summed E-state index contributed by atoms with van der Waals surface area (Å²) < 4.78 is 27.9. The topological polar surface area (TPSA) is 89.9 Å². The number of halogens is 1. The Morgan fingerprint density at radius 2 is 1.84 bits per heavy atom. The van der Waals surface area contributed by atoms with Crippen LogP contribution in [0.1, 0.15) is 11.1 Å². The molecular weight excluding hydrogens is 527 g/mol. The van der Waals surface area contributed by atoms with Crippen molar-refractivity contribution in [2.45, 2.75) is 18.7 Å². The third-order valence-corrected chi connectivity index (χ3v) is 6.70. The largest absolute Gasteiger partial charge is 0.355 e. The van der Waals surface area contributed by atoms with Crippen molar-refractivity contribution in [3.63, 3.8) is 0 Å². The van der Waals surface area contributed by atoms with Crippen LogP contribution in [-0.4, -0.2) is 70.6 Å². The van der Waals surface area contributed by atoms with Crippen LogP contribution in [0.2, 0.25) is 0 Å². The predicted molar refractivity (Wildman–Crippen MR) is 136 cm³/mol. The van der Waals surface area contributed by atoms with Crippen molar-refractivity contribution in [1.82, 2.24) is 19.9 Å². The highest BCUT2D eigenvalue weighted by molar-refractivity contribution is 14.0. The lowest BCUT2D eigenvalue weighted by Crippen LogP contribution is -2.53. The number of nitrogens with zero attached hydrogens (tertiary/aromatic N) is 4. The lowest BCUT2D eigenvalue weighted by molar-refractivity contribution is 0.372. The number of nitrogens with one attached hydrogen (secondary N) is 2. The summed E-state index contributed by atoms with van der Waals surface area (Å²) in [6, 6.07) is 11.4. The van der Waals surface area contributed by atoms with Gasteiger partial charge in [-0.1, -0.05) is 18.2 Å². The highest BCUT2D eigenvalue weighted by Crippen LogP contribution is 2.16. The van der Waals surface area contributed by atoms with E-state index in [0.29, 0.717) is 11.4 Å². The number of hydrogen-bond donors (Lipinski definition) is 2. The highest BCUT2D eigenvalue weighted by Gasteiger charge is 2.21. The fraction of sp³-hybridized carbons (Fsp3) is 0.429. The van der Waals surface area contributed by atoms with E-state index in [1.807, 2.05) is 43.5 Å². The van der Waals surface area contributed by atoms with E-state index in [9.17, 15) is 8.42 Å². The monoisotopic (exact) mass is 558 g/mol. The molecule has 31 heavy (non-hydrogen) atoms. The fourth-order valence-corrected chi connectivity index (χ4v) is 4.81. The maximum atomic E-state index is 12.6. The lowest BCUT2D eigenvalue weighted by atomic mass is 10.2. The van der Waals surface area contributed by atoms with Gasteiger partial charge in [0.25, 0.3) is 0 Å². The van der Waals surface area contributed by atoms with Crippen LogP contribution in [0.15, 0.2) is 52.5 Å². The van der Waals surface area contributed by atoms with Gasteiger partial charge in [-0.3, -0.25) is 4.99 Å². The standard InChI is InChI=1S/C21H30N6O2S.HI/c1-17-7-8-18(2)19(16-17)30(28,29)25-11-10-24-21(22-3)27-14-12-26(13-15-27)20-6-4-5-9-23-20;/h4-9,16,25H,10-15H2,1-3H3,(H,22,24);1H. The van der Waals surface area contributed by atoms with Gasteiger partial charge in [0.15, 0.2) is 5.96 Å². The first-order valence-corrected chi connectivity index (χ1v) is 11.6. The Kier molecular flexibility index (Phi) is 9.51. The molecule has 0 atom stereocenters. The van der Waals surface area contributed by atoms with Gasteiger partial charge in [0.05, 0.1) is 4.90 Å². The normalized spacial score (nSPS) is 14.9. The molecule has 0 bridgehead atoms. The van der Waals surface area contributed by atoms with E-state index in [1.165, 1.54) is 0 Å². The molecule has 10 heteroatoms. The van der Waals surface area contributed by atoms with Gasteiger partial charge in [-0.05, 0) is 43.2 Å². The zero-order chi connectivity index (χ0) is 21.6. The van der Waals surface area contributed by atoms with Crippen LogP contribution in [0.25, 0.3) is 0 Å².